The molecular weight excluding hydrogens is 302 g/mol. The largest absolute Gasteiger partial charge is 0.348 e. The zero-order valence-corrected chi connectivity index (χ0v) is 14.6. The van der Waals surface area contributed by atoms with Crippen molar-refractivity contribution < 1.29 is 0 Å². The van der Waals surface area contributed by atoms with E-state index in [1.165, 1.54) is 0 Å². The molecule has 3 aromatic rings. The molecule has 0 amide bonds. The fourth-order valence-electron chi connectivity index (χ4n) is 2.63. The summed E-state index contributed by atoms with van der Waals surface area (Å²) in [4.78, 5) is 8.98. The Labute approximate surface area is 141 Å². The highest BCUT2D eigenvalue weighted by atomic mass is 15.3. The van der Waals surface area contributed by atoms with Crippen LogP contribution in [0.25, 0.3) is 11.3 Å². The van der Waals surface area contributed by atoms with E-state index in [0.717, 1.165) is 35.5 Å². The summed E-state index contributed by atoms with van der Waals surface area (Å²) in [6.07, 6.45) is 8.72. The highest BCUT2D eigenvalue weighted by Gasteiger charge is 2.12. The minimum absolute atomic E-state index is 0.0814. The first-order chi connectivity index (χ1) is 11.6. The van der Waals surface area contributed by atoms with E-state index in [0.29, 0.717) is 5.95 Å². The van der Waals surface area contributed by atoms with Gasteiger partial charge in [-0.15, -0.1) is 0 Å². The lowest BCUT2D eigenvalue weighted by molar-refractivity contribution is 0.598. The summed E-state index contributed by atoms with van der Waals surface area (Å²) in [5.41, 5.74) is 4.00. The van der Waals surface area contributed by atoms with Crippen molar-refractivity contribution in [3.63, 3.8) is 0 Å². The molecule has 1 N–H and O–H groups in total. The van der Waals surface area contributed by atoms with Gasteiger partial charge >= 0.3 is 0 Å². The standard InChI is InChI=1S/C17H23N7/c1-5-8-24-11-15(13(3)22-24)16-6-7-18-17(21-16)20-12(2)14-9-19-23(4)10-14/h6-7,9-12H,5,8H2,1-4H3,(H,18,20,21)/t12-/m1/s1. The number of aromatic nitrogens is 6. The van der Waals surface area contributed by atoms with Crippen LogP contribution in [-0.2, 0) is 13.6 Å². The lowest BCUT2D eigenvalue weighted by Crippen LogP contribution is -2.09. The molecule has 3 rings (SSSR count). The Morgan fingerprint density at radius 2 is 2.12 bits per heavy atom. The molecule has 0 fully saturated rings. The summed E-state index contributed by atoms with van der Waals surface area (Å²) in [5.74, 6) is 0.603. The Balaban J connectivity index is 1.81. The fourth-order valence-corrected chi connectivity index (χ4v) is 2.63. The first-order valence-corrected chi connectivity index (χ1v) is 8.19. The SMILES string of the molecule is CCCn1cc(-c2ccnc(N[C@H](C)c3cnn(C)c3)n2)c(C)n1. The van der Waals surface area contributed by atoms with Gasteiger partial charge in [0.05, 0.1) is 23.6 Å². The highest BCUT2D eigenvalue weighted by molar-refractivity contribution is 5.61. The maximum absolute atomic E-state index is 4.65. The van der Waals surface area contributed by atoms with E-state index in [2.05, 4.69) is 45.5 Å². The van der Waals surface area contributed by atoms with Crippen molar-refractivity contribution in [1.82, 2.24) is 29.5 Å². The van der Waals surface area contributed by atoms with E-state index in [1.54, 1.807) is 10.9 Å². The number of hydrogen-bond donors (Lipinski definition) is 1. The van der Waals surface area contributed by atoms with E-state index in [4.69, 9.17) is 0 Å². The van der Waals surface area contributed by atoms with Crippen molar-refractivity contribution in [3.05, 3.63) is 42.1 Å². The quantitative estimate of drug-likeness (QED) is 0.754. The smallest absolute Gasteiger partial charge is 0.223 e. The molecule has 0 aromatic carbocycles. The van der Waals surface area contributed by atoms with Gasteiger partial charge in [-0.3, -0.25) is 9.36 Å². The van der Waals surface area contributed by atoms with E-state index in [9.17, 15) is 0 Å². The molecule has 0 radical (unpaired) electrons. The topological polar surface area (TPSA) is 73.5 Å². The molecular formula is C17H23N7. The summed E-state index contributed by atoms with van der Waals surface area (Å²) in [7, 11) is 1.91. The van der Waals surface area contributed by atoms with Crippen LogP contribution in [0.1, 0.15) is 37.6 Å². The van der Waals surface area contributed by atoms with Crippen LogP contribution in [0.5, 0.6) is 0 Å². The van der Waals surface area contributed by atoms with Crippen LogP contribution < -0.4 is 5.32 Å². The molecule has 1 atom stereocenters. The van der Waals surface area contributed by atoms with Crippen LogP contribution in [0.3, 0.4) is 0 Å². The number of rotatable bonds is 6. The maximum Gasteiger partial charge on any atom is 0.223 e. The molecule has 0 aliphatic carbocycles. The molecule has 0 aliphatic heterocycles. The second-order valence-corrected chi connectivity index (χ2v) is 5.97. The summed E-state index contributed by atoms with van der Waals surface area (Å²) in [6.45, 7) is 7.13. The molecule has 7 nitrogen and oxygen atoms in total. The molecule has 0 spiro atoms. The predicted molar refractivity (Wildman–Crippen MR) is 93.5 cm³/mol. The first-order valence-electron chi connectivity index (χ1n) is 8.19. The van der Waals surface area contributed by atoms with E-state index >= 15 is 0 Å². The van der Waals surface area contributed by atoms with Crippen LogP contribution in [0, 0.1) is 6.92 Å². The molecule has 3 aromatic heterocycles. The van der Waals surface area contributed by atoms with Crippen molar-refractivity contribution >= 4 is 5.95 Å². The van der Waals surface area contributed by atoms with E-state index < -0.39 is 0 Å². The maximum atomic E-state index is 4.65. The second kappa shape index (κ2) is 6.82. The lowest BCUT2D eigenvalue weighted by atomic mass is 10.2. The van der Waals surface area contributed by atoms with E-state index in [-0.39, 0.29) is 6.04 Å². The summed E-state index contributed by atoms with van der Waals surface area (Å²) in [5, 5.41) is 12.1. The lowest BCUT2D eigenvalue weighted by Gasteiger charge is -2.12. The average Bonchev–Trinajstić information content (AvgIpc) is 3.14. The Morgan fingerprint density at radius 3 is 2.83 bits per heavy atom. The molecule has 3 heterocycles. The summed E-state index contributed by atoms with van der Waals surface area (Å²) in [6, 6.07) is 2.00. The third-order valence-corrected chi connectivity index (χ3v) is 3.90. The molecule has 0 unspecified atom stereocenters. The normalized spacial score (nSPS) is 12.3. The van der Waals surface area contributed by atoms with Crippen LogP contribution in [0.4, 0.5) is 5.95 Å². The fraction of sp³-hybridized carbons (Fsp3) is 0.412. The molecule has 126 valence electrons. The molecule has 0 aliphatic rings. The number of aryl methyl sites for hydroxylation is 3. The van der Waals surface area contributed by atoms with Gasteiger partial charge in [0.2, 0.25) is 5.95 Å². The summed E-state index contributed by atoms with van der Waals surface area (Å²) < 4.78 is 3.76. The van der Waals surface area contributed by atoms with Crippen molar-refractivity contribution in [2.24, 2.45) is 7.05 Å². The number of hydrogen-bond acceptors (Lipinski definition) is 5. The van der Waals surface area contributed by atoms with Crippen molar-refractivity contribution in [1.29, 1.82) is 0 Å². The van der Waals surface area contributed by atoms with Gasteiger partial charge in [0.25, 0.3) is 0 Å². The van der Waals surface area contributed by atoms with Gasteiger partial charge in [0.1, 0.15) is 0 Å². The zero-order valence-electron chi connectivity index (χ0n) is 14.6. The highest BCUT2D eigenvalue weighted by Crippen LogP contribution is 2.22. The Bertz CT molecular complexity index is 818. The summed E-state index contributed by atoms with van der Waals surface area (Å²) >= 11 is 0. The van der Waals surface area contributed by atoms with Gasteiger partial charge in [-0.1, -0.05) is 6.92 Å². The average molecular weight is 325 g/mol. The molecule has 0 saturated carbocycles. The Kier molecular flexibility index (Phi) is 4.59. The number of nitrogens with one attached hydrogen (secondary N) is 1. The Hall–Kier alpha value is -2.70. The molecule has 0 bridgehead atoms. The van der Waals surface area contributed by atoms with Gasteiger partial charge in [-0.25, -0.2) is 9.97 Å². The van der Waals surface area contributed by atoms with Gasteiger partial charge in [-0.2, -0.15) is 10.2 Å². The third-order valence-electron chi connectivity index (χ3n) is 3.90. The van der Waals surface area contributed by atoms with Gasteiger partial charge < -0.3 is 5.32 Å². The zero-order chi connectivity index (χ0) is 17.1. The molecule has 24 heavy (non-hydrogen) atoms. The Morgan fingerprint density at radius 1 is 1.29 bits per heavy atom. The van der Waals surface area contributed by atoms with Gasteiger partial charge in [0, 0.05) is 43.3 Å². The van der Waals surface area contributed by atoms with Crippen LogP contribution >= 0.6 is 0 Å². The number of anilines is 1. The minimum atomic E-state index is 0.0814. The van der Waals surface area contributed by atoms with Crippen molar-refractivity contribution in [2.45, 2.75) is 39.8 Å². The van der Waals surface area contributed by atoms with Gasteiger partial charge in [-0.05, 0) is 26.3 Å². The predicted octanol–water partition coefficient (Wildman–Crippen LogP) is 2.97. The first kappa shape index (κ1) is 16.2. The van der Waals surface area contributed by atoms with Crippen LogP contribution in [0.15, 0.2) is 30.9 Å². The second-order valence-electron chi connectivity index (χ2n) is 5.97. The monoisotopic (exact) mass is 325 g/mol. The van der Waals surface area contributed by atoms with Crippen molar-refractivity contribution in [3.8, 4) is 11.3 Å². The van der Waals surface area contributed by atoms with E-state index in [1.807, 2.05) is 37.1 Å². The van der Waals surface area contributed by atoms with Crippen LogP contribution in [0.2, 0.25) is 0 Å². The van der Waals surface area contributed by atoms with Crippen molar-refractivity contribution in [2.75, 3.05) is 5.32 Å². The van der Waals surface area contributed by atoms with Crippen LogP contribution in [-0.4, -0.2) is 29.5 Å². The third kappa shape index (κ3) is 3.45. The molecule has 0 saturated heterocycles. The number of nitrogens with zero attached hydrogens (tertiary/aromatic N) is 6. The minimum Gasteiger partial charge on any atom is -0.348 e. The van der Waals surface area contributed by atoms with Gasteiger partial charge in [0.15, 0.2) is 0 Å². The molecule has 7 heteroatoms.